The number of nitrogens with one attached hydrogen (secondary N) is 1. The van der Waals surface area contributed by atoms with Crippen molar-refractivity contribution >= 4 is 27.7 Å². The molecule has 0 saturated carbocycles. The molecular formula is C17H13BrFN3O. The molecule has 1 N–H and O–H groups in total. The second kappa shape index (κ2) is 6.75. The van der Waals surface area contributed by atoms with Crippen molar-refractivity contribution in [1.82, 2.24) is 9.78 Å². The number of halogens is 2. The molecule has 23 heavy (non-hydrogen) atoms. The lowest BCUT2D eigenvalue weighted by Gasteiger charge is -2.09. The molecule has 0 bridgehead atoms. The minimum atomic E-state index is -0.443. The smallest absolute Gasteiger partial charge is 0.256 e. The number of benzene rings is 2. The maximum Gasteiger partial charge on any atom is 0.256 e. The molecular weight excluding hydrogens is 361 g/mol. The Bertz CT molecular complexity index is 830. The highest BCUT2D eigenvalue weighted by Crippen LogP contribution is 2.15. The lowest BCUT2D eigenvalue weighted by atomic mass is 10.2. The second-order valence-electron chi connectivity index (χ2n) is 4.97. The monoisotopic (exact) mass is 373 g/mol. The van der Waals surface area contributed by atoms with Crippen molar-refractivity contribution in [3.63, 3.8) is 0 Å². The predicted molar refractivity (Wildman–Crippen MR) is 89.8 cm³/mol. The van der Waals surface area contributed by atoms with Crippen molar-refractivity contribution in [3.8, 4) is 0 Å². The van der Waals surface area contributed by atoms with E-state index in [4.69, 9.17) is 0 Å². The molecule has 0 fully saturated rings. The average molecular weight is 374 g/mol. The van der Waals surface area contributed by atoms with Crippen LogP contribution in [0.5, 0.6) is 0 Å². The van der Waals surface area contributed by atoms with Gasteiger partial charge < -0.3 is 5.32 Å². The first-order chi connectivity index (χ1) is 11.1. The van der Waals surface area contributed by atoms with Crippen molar-refractivity contribution in [2.24, 2.45) is 0 Å². The van der Waals surface area contributed by atoms with E-state index in [0.717, 1.165) is 10.0 Å². The Morgan fingerprint density at radius 1 is 1.17 bits per heavy atom. The highest BCUT2D eigenvalue weighted by molar-refractivity contribution is 9.10. The maximum absolute atomic E-state index is 13.2. The number of aromatic nitrogens is 2. The van der Waals surface area contributed by atoms with Gasteiger partial charge in [0.05, 0.1) is 12.7 Å². The molecule has 0 aliphatic carbocycles. The number of hydrogen-bond acceptors (Lipinski definition) is 2. The molecule has 1 amide bonds. The molecule has 4 nitrogen and oxygen atoms in total. The molecule has 3 aromatic rings. The number of nitrogens with zero attached hydrogens (tertiary/aromatic N) is 2. The van der Waals surface area contributed by atoms with Gasteiger partial charge in [0.2, 0.25) is 0 Å². The van der Waals surface area contributed by atoms with E-state index in [1.54, 1.807) is 23.0 Å². The van der Waals surface area contributed by atoms with Crippen molar-refractivity contribution in [1.29, 1.82) is 0 Å². The van der Waals surface area contributed by atoms with Crippen LogP contribution >= 0.6 is 15.9 Å². The SMILES string of the molecule is O=C(Nc1ccnn1Cc1ccc(Br)cc1)c1cccc(F)c1. The summed E-state index contributed by atoms with van der Waals surface area (Å²) < 4.78 is 15.9. The van der Waals surface area contributed by atoms with Gasteiger partial charge in [-0.3, -0.25) is 4.79 Å². The molecule has 0 aliphatic rings. The van der Waals surface area contributed by atoms with Gasteiger partial charge >= 0.3 is 0 Å². The maximum atomic E-state index is 13.2. The van der Waals surface area contributed by atoms with Gasteiger partial charge in [-0.05, 0) is 35.9 Å². The topological polar surface area (TPSA) is 46.9 Å². The molecule has 1 aromatic heterocycles. The number of anilines is 1. The fourth-order valence-corrected chi connectivity index (χ4v) is 2.41. The largest absolute Gasteiger partial charge is 0.307 e. The van der Waals surface area contributed by atoms with E-state index in [9.17, 15) is 9.18 Å². The summed E-state index contributed by atoms with van der Waals surface area (Å²) in [6.07, 6.45) is 1.61. The van der Waals surface area contributed by atoms with E-state index in [1.807, 2.05) is 24.3 Å². The van der Waals surface area contributed by atoms with Gasteiger partial charge in [-0.15, -0.1) is 0 Å². The second-order valence-corrected chi connectivity index (χ2v) is 5.88. The van der Waals surface area contributed by atoms with E-state index >= 15 is 0 Å². The minimum Gasteiger partial charge on any atom is -0.307 e. The van der Waals surface area contributed by atoms with E-state index in [1.165, 1.54) is 18.2 Å². The highest BCUT2D eigenvalue weighted by Gasteiger charge is 2.10. The van der Waals surface area contributed by atoms with Crippen molar-refractivity contribution < 1.29 is 9.18 Å². The Hall–Kier alpha value is -2.47. The average Bonchev–Trinajstić information content (AvgIpc) is 2.96. The van der Waals surface area contributed by atoms with Gasteiger partial charge in [0.25, 0.3) is 5.91 Å². The molecule has 116 valence electrons. The molecule has 0 atom stereocenters. The third-order valence-corrected chi connectivity index (χ3v) is 3.82. The zero-order valence-electron chi connectivity index (χ0n) is 12.0. The zero-order valence-corrected chi connectivity index (χ0v) is 13.6. The highest BCUT2D eigenvalue weighted by atomic mass is 79.9. The van der Waals surface area contributed by atoms with Gasteiger partial charge in [-0.25, -0.2) is 9.07 Å². The van der Waals surface area contributed by atoms with Gasteiger partial charge in [0.1, 0.15) is 11.6 Å². The third kappa shape index (κ3) is 3.84. The molecule has 6 heteroatoms. The van der Waals surface area contributed by atoms with E-state index in [2.05, 4.69) is 26.3 Å². The van der Waals surface area contributed by atoms with Crippen LogP contribution in [0.2, 0.25) is 0 Å². The lowest BCUT2D eigenvalue weighted by Crippen LogP contribution is -2.16. The summed E-state index contributed by atoms with van der Waals surface area (Å²) in [6, 6.07) is 15.1. The minimum absolute atomic E-state index is 0.265. The van der Waals surface area contributed by atoms with Crippen LogP contribution in [0.15, 0.2) is 65.3 Å². The standard InChI is InChI=1S/C17H13BrFN3O/c18-14-6-4-12(5-7-14)11-22-16(8-9-20-22)21-17(23)13-2-1-3-15(19)10-13/h1-10H,11H2,(H,21,23). The van der Waals surface area contributed by atoms with Crippen LogP contribution in [-0.2, 0) is 6.54 Å². The van der Waals surface area contributed by atoms with Crippen molar-refractivity contribution in [3.05, 3.63) is 82.2 Å². The summed E-state index contributed by atoms with van der Waals surface area (Å²) >= 11 is 3.39. The quantitative estimate of drug-likeness (QED) is 0.748. The first-order valence-corrected chi connectivity index (χ1v) is 7.74. The van der Waals surface area contributed by atoms with Crippen molar-refractivity contribution in [2.75, 3.05) is 5.32 Å². The molecule has 0 spiro atoms. The first kappa shape index (κ1) is 15.4. The van der Waals surface area contributed by atoms with Crippen LogP contribution in [0, 0.1) is 5.82 Å². The number of hydrogen-bond donors (Lipinski definition) is 1. The van der Waals surface area contributed by atoms with E-state index in [-0.39, 0.29) is 11.5 Å². The Kier molecular flexibility index (Phi) is 4.52. The van der Waals surface area contributed by atoms with E-state index < -0.39 is 5.82 Å². The van der Waals surface area contributed by atoms with Crippen LogP contribution in [0.3, 0.4) is 0 Å². The Morgan fingerprint density at radius 2 is 1.96 bits per heavy atom. The molecule has 0 radical (unpaired) electrons. The summed E-state index contributed by atoms with van der Waals surface area (Å²) in [5.74, 6) is -0.259. The summed E-state index contributed by atoms with van der Waals surface area (Å²) in [7, 11) is 0. The molecule has 0 unspecified atom stereocenters. The van der Waals surface area contributed by atoms with Gasteiger partial charge in [-0.2, -0.15) is 5.10 Å². The third-order valence-electron chi connectivity index (χ3n) is 3.29. The predicted octanol–water partition coefficient (Wildman–Crippen LogP) is 4.09. The van der Waals surface area contributed by atoms with Gasteiger partial charge in [0.15, 0.2) is 0 Å². The van der Waals surface area contributed by atoms with Crippen molar-refractivity contribution in [2.45, 2.75) is 6.54 Å². The number of rotatable bonds is 4. The normalized spacial score (nSPS) is 10.5. The Morgan fingerprint density at radius 3 is 2.70 bits per heavy atom. The zero-order chi connectivity index (χ0) is 16.2. The summed E-state index contributed by atoms with van der Waals surface area (Å²) in [5.41, 5.74) is 1.32. The fraction of sp³-hybridized carbons (Fsp3) is 0.0588. The summed E-state index contributed by atoms with van der Waals surface area (Å²) in [6.45, 7) is 0.527. The number of amides is 1. The van der Waals surface area contributed by atoms with Crippen LogP contribution in [-0.4, -0.2) is 15.7 Å². The first-order valence-electron chi connectivity index (χ1n) is 6.95. The molecule has 0 aliphatic heterocycles. The van der Waals surface area contributed by atoms with E-state index in [0.29, 0.717) is 12.4 Å². The molecule has 1 heterocycles. The molecule has 0 saturated heterocycles. The lowest BCUT2D eigenvalue weighted by molar-refractivity contribution is 0.102. The fourth-order valence-electron chi connectivity index (χ4n) is 2.15. The van der Waals surface area contributed by atoms with Gasteiger partial charge in [-0.1, -0.05) is 34.1 Å². The summed E-state index contributed by atoms with van der Waals surface area (Å²) in [5, 5.41) is 6.97. The number of carbonyl (C=O) groups excluding carboxylic acids is 1. The van der Waals surface area contributed by atoms with Crippen LogP contribution in [0.1, 0.15) is 15.9 Å². The van der Waals surface area contributed by atoms with Crippen LogP contribution in [0.4, 0.5) is 10.2 Å². The Balaban J connectivity index is 1.75. The molecule has 2 aromatic carbocycles. The number of carbonyl (C=O) groups is 1. The molecule has 3 rings (SSSR count). The Labute approximate surface area is 141 Å². The van der Waals surface area contributed by atoms with Crippen LogP contribution < -0.4 is 5.32 Å². The summed E-state index contributed by atoms with van der Waals surface area (Å²) in [4.78, 5) is 12.2. The van der Waals surface area contributed by atoms with Gasteiger partial charge in [0, 0.05) is 16.1 Å². The van der Waals surface area contributed by atoms with Crippen LogP contribution in [0.25, 0.3) is 0 Å².